The van der Waals surface area contributed by atoms with Crippen LogP contribution in [0.1, 0.15) is 72.2 Å². The molecular weight excluding hydrogens is 538 g/mol. The highest BCUT2D eigenvalue weighted by atomic mass is 32.1. The van der Waals surface area contributed by atoms with Crippen LogP contribution in [-0.4, -0.2) is 67.9 Å². The van der Waals surface area contributed by atoms with Gasteiger partial charge in [0.05, 0.1) is 27.8 Å². The minimum absolute atomic E-state index is 0.0811. The number of carbonyl (C=O) groups is 3. The molecule has 0 spiro atoms. The fourth-order valence-electron chi connectivity index (χ4n) is 6.24. The second-order valence-electron chi connectivity index (χ2n) is 10.5. The van der Waals surface area contributed by atoms with Gasteiger partial charge in [0, 0.05) is 21.8 Å². The average molecular weight is 566 g/mol. The normalized spacial score (nSPS) is 25.6. The molecule has 2 aliphatic carbocycles. The molecule has 12 nitrogen and oxygen atoms in total. The summed E-state index contributed by atoms with van der Waals surface area (Å²) < 4.78 is 0. The Morgan fingerprint density at radius 2 is 2.00 bits per heavy atom. The number of H-pyrrole nitrogens is 1. The summed E-state index contributed by atoms with van der Waals surface area (Å²) in [6, 6.07) is 5.45. The molecule has 6 rings (SSSR count). The Kier molecular flexibility index (Phi) is 6.24. The molecule has 202 valence electrons. The fourth-order valence-corrected chi connectivity index (χ4v) is 8.60. The number of carbonyl (C=O) groups excluding carboxylic acids is 3. The molecule has 6 N–H and O–H groups in total. The standard InChI is InChI=1S/C25H27N9O3S2/c1-11(29-10-20(35)34-14(9-26)4-13-5-16(13)34)8-25(24-30-32-33-31-24)15-7-19(23(28)37)38-17(15)3-2-12-6-18(22(27)36)39-21(12)25/h6-7,11,13-14,16,29H,2-5,8,10H2,1H3,(H2,27,36)(H2,28,37)(H,30,31,32,33)/t11-,13-,14?,16+,25?/m1/s1. The highest BCUT2D eigenvalue weighted by molar-refractivity contribution is 7.15. The Morgan fingerprint density at radius 3 is 2.69 bits per heavy atom. The third-order valence-corrected chi connectivity index (χ3v) is 10.6. The summed E-state index contributed by atoms with van der Waals surface area (Å²) in [5.74, 6) is -0.300. The number of primary amides is 2. The van der Waals surface area contributed by atoms with Gasteiger partial charge in [-0.25, -0.2) is 0 Å². The van der Waals surface area contributed by atoms with Gasteiger partial charge < -0.3 is 21.7 Å². The van der Waals surface area contributed by atoms with E-state index < -0.39 is 17.2 Å². The molecule has 14 heteroatoms. The van der Waals surface area contributed by atoms with Crippen LogP contribution in [0.25, 0.3) is 0 Å². The second-order valence-corrected chi connectivity index (χ2v) is 12.7. The lowest BCUT2D eigenvalue weighted by Crippen LogP contribution is -2.46. The van der Waals surface area contributed by atoms with Crippen LogP contribution in [0.3, 0.4) is 0 Å². The summed E-state index contributed by atoms with van der Waals surface area (Å²) in [6.45, 7) is 2.05. The van der Waals surface area contributed by atoms with E-state index in [1.54, 1.807) is 11.0 Å². The van der Waals surface area contributed by atoms with Gasteiger partial charge in [-0.1, -0.05) is 5.21 Å². The van der Waals surface area contributed by atoms with Crippen LogP contribution in [0, 0.1) is 17.2 Å². The molecule has 3 aromatic heterocycles. The number of hydrogen-bond acceptors (Lipinski definition) is 10. The van der Waals surface area contributed by atoms with Gasteiger partial charge in [-0.3, -0.25) is 14.4 Å². The van der Waals surface area contributed by atoms with Gasteiger partial charge in [-0.05, 0) is 68.2 Å². The number of piperidine rings is 1. The lowest BCUT2D eigenvalue weighted by molar-refractivity contribution is -0.131. The number of nitrogens with one attached hydrogen (secondary N) is 2. The fraction of sp³-hybridized carbons (Fsp3) is 0.480. The molecule has 39 heavy (non-hydrogen) atoms. The maximum atomic E-state index is 13.1. The maximum absolute atomic E-state index is 13.1. The molecule has 3 amide bonds. The monoisotopic (exact) mass is 565 g/mol. The molecule has 0 aromatic carbocycles. The van der Waals surface area contributed by atoms with Crippen molar-refractivity contribution >= 4 is 40.4 Å². The van der Waals surface area contributed by atoms with Crippen molar-refractivity contribution in [3.05, 3.63) is 48.6 Å². The number of hydrogen-bond donors (Lipinski definition) is 4. The predicted octanol–water partition coefficient (Wildman–Crippen LogP) is 0.835. The van der Waals surface area contributed by atoms with E-state index in [1.165, 1.54) is 22.7 Å². The van der Waals surface area contributed by atoms with Gasteiger partial charge in [0.2, 0.25) is 5.91 Å². The van der Waals surface area contributed by atoms with Crippen LogP contribution >= 0.6 is 22.7 Å². The van der Waals surface area contributed by atoms with Crippen LogP contribution in [0.5, 0.6) is 0 Å². The largest absolute Gasteiger partial charge is 0.365 e. The molecular formula is C25H27N9O3S2. The number of nitrogens with zero attached hydrogens (tertiary/aromatic N) is 5. The first-order valence-electron chi connectivity index (χ1n) is 12.8. The first-order valence-corrected chi connectivity index (χ1v) is 14.4. The van der Waals surface area contributed by atoms with Crippen molar-refractivity contribution in [3.8, 4) is 6.07 Å². The van der Waals surface area contributed by atoms with Gasteiger partial charge >= 0.3 is 0 Å². The van der Waals surface area contributed by atoms with Crippen molar-refractivity contribution in [1.82, 2.24) is 30.8 Å². The Labute approximate surface area is 231 Å². The Hall–Kier alpha value is -3.67. The maximum Gasteiger partial charge on any atom is 0.258 e. The third-order valence-electron chi connectivity index (χ3n) is 8.06. The highest BCUT2D eigenvalue weighted by Crippen LogP contribution is 2.51. The summed E-state index contributed by atoms with van der Waals surface area (Å²) in [4.78, 5) is 41.9. The van der Waals surface area contributed by atoms with Gasteiger partial charge in [0.1, 0.15) is 6.04 Å². The number of aromatic nitrogens is 4. The van der Waals surface area contributed by atoms with E-state index >= 15 is 0 Å². The van der Waals surface area contributed by atoms with E-state index in [0.717, 1.165) is 33.7 Å². The summed E-state index contributed by atoms with van der Waals surface area (Å²) in [5, 5.41) is 28.1. The van der Waals surface area contributed by atoms with Gasteiger partial charge in [0.25, 0.3) is 11.8 Å². The van der Waals surface area contributed by atoms with Crippen LogP contribution in [0.15, 0.2) is 12.1 Å². The number of rotatable bonds is 8. The number of nitrogens with two attached hydrogens (primary N) is 2. The summed E-state index contributed by atoms with van der Waals surface area (Å²) in [7, 11) is 0. The predicted molar refractivity (Wildman–Crippen MR) is 142 cm³/mol. The van der Waals surface area contributed by atoms with E-state index in [1.807, 2.05) is 13.0 Å². The summed E-state index contributed by atoms with van der Waals surface area (Å²) in [6.07, 6.45) is 3.39. The lowest BCUT2D eigenvalue weighted by Gasteiger charge is -2.34. The number of fused-ring (bicyclic) bond motifs is 3. The van der Waals surface area contributed by atoms with E-state index in [4.69, 9.17) is 11.5 Å². The van der Waals surface area contributed by atoms with E-state index in [2.05, 4.69) is 32.0 Å². The molecule has 2 unspecified atom stereocenters. The summed E-state index contributed by atoms with van der Waals surface area (Å²) >= 11 is 2.64. The van der Waals surface area contributed by atoms with Crippen molar-refractivity contribution in [2.45, 2.75) is 62.6 Å². The quantitative estimate of drug-likeness (QED) is 0.308. The summed E-state index contributed by atoms with van der Waals surface area (Å²) in [5.41, 5.74) is 12.2. The molecule has 2 fully saturated rings. The second kappa shape index (κ2) is 9.51. The molecule has 0 radical (unpaired) electrons. The smallest absolute Gasteiger partial charge is 0.258 e. The Morgan fingerprint density at radius 1 is 1.23 bits per heavy atom. The number of aryl methyl sites for hydroxylation is 2. The average Bonchev–Trinajstić information content (AvgIpc) is 3.42. The topological polar surface area (TPSA) is 197 Å². The van der Waals surface area contributed by atoms with Crippen LogP contribution in [0.2, 0.25) is 0 Å². The van der Waals surface area contributed by atoms with Gasteiger partial charge in [-0.2, -0.15) is 10.5 Å². The lowest BCUT2D eigenvalue weighted by atomic mass is 9.73. The van der Waals surface area contributed by atoms with Crippen molar-refractivity contribution in [1.29, 1.82) is 5.26 Å². The van der Waals surface area contributed by atoms with Crippen LogP contribution in [-0.2, 0) is 23.1 Å². The third kappa shape index (κ3) is 4.21. The molecule has 1 saturated heterocycles. The van der Waals surface area contributed by atoms with E-state index in [0.29, 0.717) is 40.8 Å². The minimum atomic E-state index is -0.976. The number of aromatic amines is 1. The molecule has 1 saturated carbocycles. The molecule has 1 aliphatic heterocycles. The highest BCUT2D eigenvalue weighted by Gasteiger charge is 2.54. The number of tetrazole rings is 1. The zero-order valence-electron chi connectivity index (χ0n) is 21.1. The Balaban J connectivity index is 1.38. The van der Waals surface area contributed by atoms with Gasteiger partial charge in [-0.15, -0.1) is 32.9 Å². The van der Waals surface area contributed by atoms with E-state index in [9.17, 15) is 19.6 Å². The molecule has 3 aliphatic rings. The zero-order chi connectivity index (χ0) is 27.5. The van der Waals surface area contributed by atoms with Crippen LogP contribution < -0.4 is 16.8 Å². The molecule has 4 heterocycles. The minimum Gasteiger partial charge on any atom is -0.365 e. The van der Waals surface area contributed by atoms with Crippen molar-refractivity contribution in [2.75, 3.05) is 6.54 Å². The molecule has 0 bridgehead atoms. The zero-order valence-corrected chi connectivity index (χ0v) is 22.8. The SMILES string of the molecule is C[C@H](CC1(c2nn[nH]n2)c2cc(C(N)=O)sc2CCc2cc(C(N)=O)sc21)NCC(=O)N1C(C#N)C[C@@H]2C[C@@H]21. The van der Waals surface area contributed by atoms with Crippen LogP contribution in [0.4, 0.5) is 0 Å². The Bertz CT molecular complexity index is 1440. The van der Waals surface area contributed by atoms with Gasteiger partial charge in [0.15, 0.2) is 5.82 Å². The van der Waals surface area contributed by atoms with Crippen molar-refractivity contribution < 1.29 is 14.4 Å². The number of thiophene rings is 2. The number of nitriles is 1. The molecule has 3 aromatic rings. The first kappa shape index (κ1) is 25.6. The number of amides is 3. The number of likely N-dealkylation sites (tertiary alicyclic amines) is 1. The van der Waals surface area contributed by atoms with Crippen molar-refractivity contribution in [3.63, 3.8) is 0 Å². The van der Waals surface area contributed by atoms with Crippen molar-refractivity contribution in [2.24, 2.45) is 17.4 Å². The first-order chi connectivity index (χ1) is 18.7. The van der Waals surface area contributed by atoms with E-state index in [-0.39, 0.29) is 30.6 Å². The molecule has 5 atom stereocenters.